The van der Waals surface area contributed by atoms with E-state index in [9.17, 15) is 4.79 Å². The van der Waals surface area contributed by atoms with Crippen LogP contribution in [0.2, 0.25) is 5.02 Å². The number of carbonyl (C=O) groups is 1. The molecule has 0 unspecified atom stereocenters. The minimum Gasteiger partial charge on any atom is -0.496 e. The van der Waals surface area contributed by atoms with Gasteiger partial charge in [-0.2, -0.15) is 0 Å². The highest BCUT2D eigenvalue weighted by Crippen LogP contribution is 2.29. The number of nitrogen functional groups attached to an aromatic ring is 1. The monoisotopic (exact) mass is 470 g/mol. The summed E-state index contributed by atoms with van der Waals surface area (Å²) >= 11 is 6.07. The van der Waals surface area contributed by atoms with Crippen molar-refractivity contribution in [1.29, 1.82) is 0 Å². The second kappa shape index (κ2) is 12.7. The highest BCUT2D eigenvalue weighted by Gasteiger charge is 2.21. The van der Waals surface area contributed by atoms with Crippen LogP contribution in [-0.2, 0) is 6.54 Å². The maximum absolute atomic E-state index is 12.6. The minimum absolute atomic E-state index is 0. The summed E-state index contributed by atoms with van der Waals surface area (Å²) in [6.45, 7) is 4.90. The van der Waals surface area contributed by atoms with Gasteiger partial charge in [0, 0.05) is 25.4 Å². The third kappa shape index (κ3) is 7.55. The van der Waals surface area contributed by atoms with Crippen LogP contribution in [0.3, 0.4) is 0 Å². The first kappa shape index (κ1) is 25.2. The maximum atomic E-state index is 12.6. The predicted octanol–water partition coefficient (Wildman–Crippen LogP) is 3.26. The molecule has 0 saturated carbocycles. The molecule has 2 heterocycles. The van der Waals surface area contributed by atoms with Gasteiger partial charge in [0.05, 0.1) is 29.6 Å². The molecule has 1 aromatic carbocycles. The van der Waals surface area contributed by atoms with Gasteiger partial charge in [0.25, 0.3) is 5.91 Å². The number of nitrogens with one attached hydrogen (secondary N) is 1. The van der Waals surface area contributed by atoms with Crippen molar-refractivity contribution in [2.75, 3.05) is 39.0 Å². The van der Waals surface area contributed by atoms with E-state index in [4.69, 9.17) is 22.1 Å². The molecule has 1 amide bonds. The Morgan fingerprint density at radius 2 is 2.00 bits per heavy atom. The Labute approximate surface area is 194 Å². The molecule has 0 aliphatic carbocycles. The molecular formula is C21H32Cl2N6O2. The SMILES string of the molecule is COc1cc(N)c(Cl)cc1C(=O)NCC1CCN(CCCCCn2ccnn2)CC1.Cl. The lowest BCUT2D eigenvalue weighted by Gasteiger charge is -2.32. The van der Waals surface area contributed by atoms with Crippen LogP contribution in [0.15, 0.2) is 24.5 Å². The van der Waals surface area contributed by atoms with Gasteiger partial charge in [-0.05, 0) is 57.3 Å². The summed E-state index contributed by atoms with van der Waals surface area (Å²) in [7, 11) is 1.52. The largest absolute Gasteiger partial charge is 0.496 e. The molecule has 2 aromatic rings. The number of halogens is 2. The number of nitrogens with zero attached hydrogens (tertiary/aromatic N) is 4. The second-order valence-electron chi connectivity index (χ2n) is 7.80. The van der Waals surface area contributed by atoms with E-state index < -0.39 is 0 Å². The molecule has 172 valence electrons. The summed E-state index contributed by atoms with van der Waals surface area (Å²) in [5.41, 5.74) is 6.60. The highest BCUT2D eigenvalue weighted by atomic mass is 35.5. The van der Waals surface area contributed by atoms with Crippen LogP contribution in [0.25, 0.3) is 0 Å². The van der Waals surface area contributed by atoms with Crippen molar-refractivity contribution >= 4 is 35.6 Å². The van der Waals surface area contributed by atoms with Crippen molar-refractivity contribution in [3.05, 3.63) is 35.1 Å². The molecule has 8 nitrogen and oxygen atoms in total. The molecule has 1 aliphatic heterocycles. The van der Waals surface area contributed by atoms with Crippen LogP contribution in [0.4, 0.5) is 5.69 Å². The lowest BCUT2D eigenvalue weighted by molar-refractivity contribution is 0.0933. The number of hydrogen-bond donors (Lipinski definition) is 2. The number of nitrogens with two attached hydrogens (primary N) is 1. The lowest BCUT2D eigenvalue weighted by atomic mass is 9.96. The highest BCUT2D eigenvalue weighted by molar-refractivity contribution is 6.33. The smallest absolute Gasteiger partial charge is 0.255 e. The van der Waals surface area contributed by atoms with E-state index in [-0.39, 0.29) is 18.3 Å². The summed E-state index contributed by atoms with van der Waals surface area (Å²) in [5.74, 6) is 0.754. The molecule has 0 radical (unpaired) electrons. The van der Waals surface area contributed by atoms with Crippen molar-refractivity contribution in [2.24, 2.45) is 5.92 Å². The van der Waals surface area contributed by atoms with Crippen LogP contribution < -0.4 is 15.8 Å². The van der Waals surface area contributed by atoms with Gasteiger partial charge in [0.1, 0.15) is 5.75 Å². The van der Waals surface area contributed by atoms with Gasteiger partial charge in [-0.3, -0.25) is 9.48 Å². The van der Waals surface area contributed by atoms with E-state index in [0.717, 1.165) is 45.4 Å². The minimum atomic E-state index is -0.177. The molecule has 3 N–H and O–H groups in total. The van der Waals surface area contributed by atoms with Crippen molar-refractivity contribution in [1.82, 2.24) is 25.2 Å². The summed E-state index contributed by atoms with van der Waals surface area (Å²) in [5, 5.41) is 11.2. The average Bonchev–Trinajstić information content (AvgIpc) is 3.27. The van der Waals surface area contributed by atoms with Crippen LogP contribution in [0.5, 0.6) is 5.75 Å². The molecule has 0 spiro atoms. The molecule has 1 saturated heterocycles. The molecule has 0 bridgehead atoms. The first-order valence-electron chi connectivity index (χ1n) is 10.5. The number of aromatic nitrogens is 3. The zero-order valence-electron chi connectivity index (χ0n) is 17.9. The Bertz CT molecular complexity index is 810. The Morgan fingerprint density at radius 1 is 1.26 bits per heavy atom. The molecule has 10 heteroatoms. The Balaban J connectivity index is 0.00000341. The van der Waals surface area contributed by atoms with Crippen LogP contribution in [0, 0.1) is 5.92 Å². The molecule has 0 atom stereocenters. The Hall–Kier alpha value is -2.03. The fourth-order valence-electron chi connectivity index (χ4n) is 3.80. The Kier molecular flexibility index (Phi) is 10.4. The zero-order chi connectivity index (χ0) is 21.3. The van der Waals surface area contributed by atoms with Crippen molar-refractivity contribution in [3.63, 3.8) is 0 Å². The van der Waals surface area contributed by atoms with E-state index in [2.05, 4.69) is 20.5 Å². The number of benzene rings is 1. The quantitative estimate of drug-likeness (QED) is 0.408. The van der Waals surface area contributed by atoms with Crippen molar-refractivity contribution in [3.8, 4) is 5.75 Å². The first-order valence-corrected chi connectivity index (χ1v) is 10.9. The predicted molar refractivity (Wildman–Crippen MR) is 125 cm³/mol. The summed E-state index contributed by atoms with van der Waals surface area (Å²) in [6, 6.07) is 3.15. The first-order chi connectivity index (χ1) is 14.6. The molecule has 1 aromatic heterocycles. The van der Waals surface area contributed by atoms with Crippen LogP contribution >= 0.6 is 24.0 Å². The van der Waals surface area contributed by atoms with E-state index in [1.54, 1.807) is 18.3 Å². The number of piperidine rings is 1. The number of ether oxygens (including phenoxy) is 1. The molecule has 3 rings (SSSR count). The molecule has 31 heavy (non-hydrogen) atoms. The fraction of sp³-hybridized carbons (Fsp3) is 0.571. The van der Waals surface area contributed by atoms with Gasteiger partial charge in [-0.1, -0.05) is 23.2 Å². The van der Waals surface area contributed by atoms with Crippen LogP contribution in [0.1, 0.15) is 42.5 Å². The molecule has 1 aliphatic rings. The topological polar surface area (TPSA) is 98.3 Å². The maximum Gasteiger partial charge on any atom is 0.255 e. The van der Waals surface area contributed by atoms with E-state index in [0.29, 0.717) is 34.5 Å². The van der Waals surface area contributed by atoms with E-state index in [1.165, 1.54) is 20.0 Å². The number of hydrogen-bond acceptors (Lipinski definition) is 6. The number of methoxy groups -OCH3 is 1. The van der Waals surface area contributed by atoms with Crippen LogP contribution in [-0.4, -0.2) is 59.1 Å². The number of rotatable bonds is 10. The van der Waals surface area contributed by atoms with E-state index >= 15 is 0 Å². The van der Waals surface area contributed by atoms with Gasteiger partial charge < -0.3 is 20.7 Å². The fourth-order valence-corrected chi connectivity index (χ4v) is 3.96. The number of aryl methyl sites for hydroxylation is 1. The van der Waals surface area contributed by atoms with Gasteiger partial charge in [-0.25, -0.2) is 0 Å². The van der Waals surface area contributed by atoms with Crippen molar-refractivity contribution < 1.29 is 9.53 Å². The number of unbranched alkanes of at least 4 members (excludes halogenated alkanes) is 2. The number of anilines is 1. The lowest BCUT2D eigenvalue weighted by Crippen LogP contribution is -2.39. The normalized spacial score (nSPS) is 14.8. The van der Waals surface area contributed by atoms with E-state index in [1.807, 2.05) is 10.9 Å². The standard InChI is InChI=1S/C21H31ClN6O2.ClH/c1-30-20-14-19(23)18(22)13-17(20)21(29)24-15-16-5-10-27(11-6-16)8-3-2-4-9-28-12-7-25-26-28;/h7,12-14,16H,2-6,8-11,15,23H2,1H3,(H,24,29);1H. The third-order valence-corrected chi connectivity index (χ3v) is 5.98. The van der Waals surface area contributed by atoms with Gasteiger partial charge >= 0.3 is 0 Å². The second-order valence-corrected chi connectivity index (χ2v) is 8.20. The zero-order valence-corrected chi connectivity index (χ0v) is 19.5. The number of amides is 1. The number of likely N-dealkylation sites (tertiary alicyclic amines) is 1. The third-order valence-electron chi connectivity index (χ3n) is 5.66. The molecular weight excluding hydrogens is 439 g/mol. The average molecular weight is 471 g/mol. The molecule has 1 fully saturated rings. The summed E-state index contributed by atoms with van der Waals surface area (Å²) < 4.78 is 7.15. The van der Waals surface area contributed by atoms with Gasteiger partial charge in [-0.15, -0.1) is 17.5 Å². The van der Waals surface area contributed by atoms with Crippen molar-refractivity contribution in [2.45, 2.75) is 38.6 Å². The van der Waals surface area contributed by atoms with Gasteiger partial charge in [0.2, 0.25) is 0 Å². The summed E-state index contributed by atoms with van der Waals surface area (Å²) in [6.07, 6.45) is 9.34. The summed E-state index contributed by atoms with van der Waals surface area (Å²) in [4.78, 5) is 15.1. The Morgan fingerprint density at radius 3 is 2.68 bits per heavy atom. The van der Waals surface area contributed by atoms with Gasteiger partial charge in [0.15, 0.2) is 0 Å². The number of carbonyl (C=O) groups excluding carboxylic acids is 1.